The minimum atomic E-state index is -0.503. The van der Waals surface area contributed by atoms with Crippen molar-refractivity contribution >= 4 is 39.9 Å². The number of aromatic nitrogens is 5. The fourth-order valence-electron chi connectivity index (χ4n) is 4.10. The predicted octanol–water partition coefficient (Wildman–Crippen LogP) is 4.11. The number of nitrogens with one attached hydrogen (secondary N) is 1. The molecule has 0 aliphatic carbocycles. The van der Waals surface area contributed by atoms with Gasteiger partial charge in [-0.2, -0.15) is 0 Å². The van der Waals surface area contributed by atoms with Gasteiger partial charge >= 0.3 is 0 Å². The molecule has 0 fully saturated rings. The number of hydrogen-bond donors (Lipinski definition) is 1. The van der Waals surface area contributed by atoms with Crippen molar-refractivity contribution in [3.8, 4) is 5.69 Å². The van der Waals surface area contributed by atoms with Crippen molar-refractivity contribution < 1.29 is 4.79 Å². The largest absolute Gasteiger partial charge is 0.319 e. The lowest BCUT2D eigenvalue weighted by atomic mass is 10.1. The van der Waals surface area contributed by atoms with Crippen LogP contribution in [0.5, 0.6) is 0 Å². The van der Waals surface area contributed by atoms with Crippen LogP contribution in [0, 0.1) is 13.8 Å². The Kier molecular flexibility index (Phi) is 5.49. The van der Waals surface area contributed by atoms with E-state index in [2.05, 4.69) is 21.6 Å². The molecule has 172 valence electrons. The lowest BCUT2D eigenvalue weighted by Gasteiger charge is -2.11. The molecule has 9 heteroatoms. The lowest BCUT2D eigenvalue weighted by Crippen LogP contribution is -2.27. The van der Waals surface area contributed by atoms with Gasteiger partial charge in [0, 0.05) is 12.4 Å². The Morgan fingerprint density at radius 1 is 1.03 bits per heavy atom. The van der Waals surface area contributed by atoms with Crippen LogP contribution in [0.15, 0.2) is 70.6 Å². The zero-order valence-corrected chi connectivity index (χ0v) is 20.1. The molecule has 5 aromatic rings. The topological polar surface area (TPSA) is 86.2 Å². The summed E-state index contributed by atoms with van der Waals surface area (Å²) in [5.74, 6) is -0.274. The minimum absolute atomic E-state index is 0.272. The van der Waals surface area contributed by atoms with E-state index in [0.29, 0.717) is 10.9 Å². The molecular formula is C25H24N6O2S. The van der Waals surface area contributed by atoms with Gasteiger partial charge in [-0.15, -0.1) is 10.2 Å². The molecule has 2 aromatic carbocycles. The molecule has 0 aliphatic heterocycles. The normalized spacial score (nSPS) is 12.4. The number of pyridine rings is 1. The number of rotatable bonds is 5. The summed E-state index contributed by atoms with van der Waals surface area (Å²) < 4.78 is 5.25. The number of thioether (sulfide) groups is 1. The van der Waals surface area contributed by atoms with Gasteiger partial charge < -0.3 is 5.32 Å². The minimum Gasteiger partial charge on any atom is -0.319 e. The molecule has 34 heavy (non-hydrogen) atoms. The highest BCUT2D eigenvalue weighted by atomic mass is 32.2. The van der Waals surface area contributed by atoms with Gasteiger partial charge in [-0.25, -0.2) is 4.68 Å². The zero-order chi connectivity index (χ0) is 24.0. The van der Waals surface area contributed by atoms with Crippen molar-refractivity contribution in [2.45, 2.75) is 31.2 Å². The van der Waals surface area contributed by atoms with Gasteiger partial charge in [-0.05, 0) is 50.6 Å². The van der Waals surface area contributed by atoms with Gasteiger partial charge in [-0.1, -0.05) is 48.2 Å². The third-order valence-corrected chi connectivity index (χ3v) is 7.07. The maximum absolute atomic E-state index is 13.1. The van der Waals surface area contributed by atoms with Gasteiger partial charge in [0.15, 0.2) is 10.8 Å². The number of nitrogens with zero attached hydrogens (tertiary/aromatic N) is 5. The fourth-order valence-corrected chi connectivity index (χ4v) is 4.97. The first-order valence-corrected chi connectivity index (χ1v) is 11.8. The van der Waals surface area contributed by atoms with E-state index in [1.54, 1.807) is 23.3 Å². The first-order valence-electron chi connectivity index (χ1n) is 10.9. The van der Waals surface area contributed by atoms with E-state index in [4.69, 9.17) is 0 Å². The van der Waals surface area contributed by atoms with E-state index in [0.717, 1.165) is 27.8 Å². The van der Waals surface area contributed by atoms with E-state index in [9.17, 15) is 9.59 Å². The van der Waals surface area contributed by atoms with Crippen LogP contribution >= 0.6 is 11.8 Å². The average molecular weight is 473 g/mol. The molecular weight excluding hydrogens is 448 g/mol. The second-order valence-electron chi connectivity index (χ2n) is 8.21. The first kappa shape index (κ1) is 22.0. The number of hydrogen-bond acceptors (Lipinski definition) is 5. The number of benzene rings is 2. The monoisotopic (exact) mass is 472 g/mol. The van der Waals surface area contributed by atoms with Gasteiger partial charge in [-0.3, -0.25) is 18.7 Å². The van der Waals surface area contributed by atoms with Crippen LogP contribution in [0.3, 0.4) is 0 Å². The number of anilines is 1. The third-order valence-electron chi connectivity index (χ3n) is 6.03. The zero-order valence-electron chi connectivity index (χ0n) is 19.3. The Labute approximate surface area is 200 Å². The standard InChI is InChI=1S/C25H24N6O2S/c1-15-14-21-27-28-25(30(21)20-13-9-8-12-19(15)20)34-17(3)23(32)26-22-16(2)29(4)31(24(22)33)18-10-6-5-7-11-18/h5-14,17H,1-4H3,(H,26,32). The highest BCUT2D eigenvalue weighted by molar-refractivity contribution is 8.00. The maximum Gasteiger partial charge on any atom is 0.295 e. The van der Waals surface area contributed by atoms with E-state index in [1.807, 2.05) is 72.8 Å². The Hall–Kier alpha value is -3.85. The highest BCUT2D eigenvalue weighted by Gasteiger charge is 2.23. The SMILES string of the molecule is Cc1cc2nnc(SC(C)C(=O)Nc3c(C)n(C)n(-c4ccccc4)c3=O)n2c2ccccc12. The molecule has 0 radical (unpaired) electrons. The fraction of sp³-hybridized carbons (Fsp3) is 0.200. The van der Waals surface area contributed by atoms with E-state index >= 15 is 0 Å². The summed E-state index contributed by atoms with van der Waals surface area (Å²) in [5.41, 5.74) is 4.25. The smallest absolute Gasteiger partial charge is 0.295 e. The number of carbonyl (C=O) groups excluding carboxylic acids is 1. The van der Waals surface area contributed by atoms with Crippen molar-refractivity contribution in [3.63, 3.8) is 0 Å². The summed E-state index contributed by atoms with van der Waals surface area (Å²) in [6.45, 7) is 5.66. The Morgan fingerprint density at radius 3 is 2.50 bits per heavy atom. The summed E-state index contributed by atoms with van der Waals surface area (Å²) in [7, 11) is 1.80. The van der Waals surface area contributed by atoms with Crippen LogP contribution < -0.4 is 10.9 Å². The van der Waals surface area contributed by atoms with Crippen LogP contribution in [-0.4, -0.2) is 35.1 Å². The molecule has 3 heterocycles. The first-order chi connectivity index (χ1) is 16.4. The van der Waals surface area contributed by atoms with Crippen molar-refractivity contribution in [2.24, 2.45) is 7.05 Å². The summed E-state index contributed by atoms with van der Waals surface area (Å²) in [5, 5.41) is 12.7. The average Bonchev–Trinajstić information content (AvgIpc) is 3.33. The highest BCUT2D eigenvalue weighted by Crippen LogP contribution is 2.28. The van der Waals surface area contributed by atoms with Gasteiger partial charge in [0.2, 0.25) is 5.91 Å². The maximum atomic E-state index is 13.1. The van der Waals surface area contributed by atoms with Crippen molar-refractivity contribution in [1.82, 2.24) is 24.0 Å². The van der Waals surface area contributed by atoms with Gasteiger partial charge in [0.1, 0.15) is 5.69 Å². The van der Waals surface area contributed by atoms with Crippen LogP contribution in [0.1, 0.15) is 18.2 Å². The number of aryl methyl sites for hydroxylation is 1. The van der Waals surface area contributed by atoms with E-state index in [1.165, 1.54) is 11.8 Å². The van der Waals surface area contributed by atoms with Crippen LogP contribution in [0.25, 0.3) is 22.2 Å². The molecule has 0 bridgehead atoms. The molecule has 1 unspecified atom stereocenters. The summed E-state index contributed by atoms with van der Waals surface area (Å²) in [6.07, 6.45) is 0. The third kappa shape index (κ3) is 3.58. The molecule has 0 saturated carbocycles. The molecule has 3 aromatic heterocycles. The molecule has 0 saturated heterocycles. The Morgan fingerprint density at radius 2 is 1.74 bits per heavy atom. The molecule has 1 atom stereocenters. The second kappa shape index (κ2) is 8.49. The summed E-state index contributed by atoms with van der Waals surface area (Å²) >= 11 is 1.31. The number of carbonyl (C=O) groups is 1. The number of fused-ring (bicyclic) bond motifs is 3. The van der Waals surface area contributed by atoms with Crippen molar-refractivity contribution in [1.29, 1.82) is 0 Å². The molecule has 8 nitrogen and oxygen atoms in total. The molecule has 1 amide bonds. The Balaban J connectivity index is 1.44. The summed E-state index contributed by atoms with van der Waals surface area (Å²) in [6, 6.07) is 19.4. The molecule has 5 rings (SSSR count). The lowest BCUT2D eigenvalue weighted by molar-refractivity contribution is -0.115. The van der Waals surface area contributed by atoms with Crippen LogP contribution in [0.2, 0.25) is 0 Å². The predicted molar refractivity (Wildman–Crippen MR) is 135 cm³/mol. The number of para-hydroxylation sites is 2. The van der Waals surface area contributed by atoms with Crippen LogP contribution in [-0.2, 0) is 11.8 Å². The van der Waals surface area contributed by atoms with Crippen molar-refractivity contribution in [3.05, 3.63) is 82.3 Å². The Bertz CT molecular complexity index is 1600. The second-order valence-corrected chi connectivity index (χ2v) is 9.51. The quantitative estimate of drug-likeness (QED) is 0.389. The molecule has 1 N–H and O–H groups in total. The van der Waals surface area contributed by atoms with Gasteiger partial charge in [0.25, 0.3) is 5.56 Å². The molecule has 0 aliphatic rings. The molecule has 0 spiro atoms. The van der Waals surface area contributed by atoms with Gasteiger partial charge in [0.05, 0.1) is 22.1 Å². The number of amides is 1. The van der Waals surface area contributed by atoms with Crippen LogP contribution in [0.4, 0.5) is 5.69 Å². The summed E-state index contributed by atoms with van der Waals surface area (Å²) in [4.78, 5) is 26.2. The van der Waals surface area contributed by atoms with E-state index in [-0.39, 0.29) is 17.2 Å². The van der Waals surface area contributed by atoms with E-state index < -0.39 is 5.25 Å². The van der Waals surface area contributed by atoms with Crippen molar-refractivity contribution in [2.75, 3.05) is 5.32 Å².